The zero-order valence-electron chi connectivity index (χ0n) is 11.3. The standard InChI is InChI=1S/C11H17N3O4S2/c1-12-9-5-3-6-10(11(9)14(15)16)20(17,18)13-7-4-8-19-2/h3,5-6,12-13H,4,7-8H2,1-2H3. The quantitative estimate of drug-likeness (QED) is 0.429. The summed E-state index contributed by atoms with van der Waals surface area (Å²) in [5.74, 6) is 0.821. The molecule has 0 aromatic heterocycles. The third-order valence-corrected chi connectivity index (χ3v) is 4.75. The Balaban J connectivity index is 3.08. The number of para-hydroxylation sites is 1. The number of thioether (sulfide) groups is 1. The Hall–Kier alpha value is -1.32. The van der Waals surface area contributed by atoms with Crippen LogP contribution in [0, 0.1) is 10.1 Å². The van der Waals surface area contributed by atoms with Crippen LogP contribution in [-0.2, 0) is 10.0 Å². The molecule has 0 fully saturated rings. The number of benzene rings is 1. The molecule has 112 valence electrons. The predicted octanol–water partition coefficient (Wildman–Crippen LogP) is 1.67. The summed E-state index contributed by atoms with van der Waals surface area (Å²) >= 11 is 1.61. The predicted molar refractivity (Wildman–Crippen MR) is 80.8 cm³/mol. The van der Waals surface area contributed by atoms with Crippen LogP contribution >= 0.6 is 11.8 Å². The Labute approximate surface area is 122 Å². The molecule has 0 aliphatic carbocycles. The number of nitro groups is 1. The van der Waals surface area contributed by atoms with Crippen molar-refractivity contribution in [1.29, 1.82) is 0 Å². The first kappa shape index (κ1) is 16.7. The van der Waals surface area contributed by atoms with Gasteiger partial charge in [0.15, 0.2) is 4.90 Å². The van der Waals surface area contributed by atoms with Gasteiger partial charge < -0.3 is 5.32 Å². The van der Waals surface area contributed by atoms with Gasteiger partial charge in [-0.3, -0.25) is 10.1 Å². The molecular weight excluding hydrogens is 302 g/mol. The van der Waals surface area contributed by atoms with E-state index in [2.05, 4.69) is 10.0 Å². The average molecular weight is 319 g/mol. The highest BCUT2D eigenvalue weighted by molar-refractivity contribution is 7.98. The normalized spacial score (nSPS) is 11.3. The molecule has 0 saturated heterocycles. The lowest BCUT2D eigenvalue weighted by Crippen LogP contribution is -2.26. The SMILES string of the molecule is CNc1cccc(S(=O)(=O)NCCCSC)c1[N+](=O)[O-]. The maximum atomic E-state index is 12.1. The van der Waals surface area contributed by atoms with Crippen molar-refractivity contribution in [3.8, 4) is 0 Å². The van der Waals surface area contributed by atoms with Crippen LogP contribution in [0.5, 0.6) is 0 Å². The van der Waals surface area contributed by atoms with Crippen LogP contribution in [0.3, 0.4) is 0 Å². The summed E-state index contributed by atoms with van der Waals surface area (Å²) in [7, 11) is -2.39. The maximum absolute atomic E-state index is 12.1. The molecule has 1 aromatic rings. The molecular formula is C11H17N3O4S2. The zero-order valence-corrected chi connectivity index (χ0v) is 12.9. The number of nitrogens with zero attached hydrogens (tertiary/aromatic N) is 1. The summed E-state index contributed by atoms with van der Waals surface area (Å²) in [6.45, 7) is 0.254. The summed E-state index contributed by atoms with van der Waals surface area (Å²) in [4.78, 5) is 10.1. The van der Waals surface area contributed by atoms with Gasteiger partial charge in [0.25, 0.3) is 0 Å². The molecule has 9 heteroatoms. The number of nitrogens with one attached hydrogen (secondary N) is 2. The second kappa shape index (κ2) is 7.46. The molecule has 0 spiro atoms. The lowest BCUT2D eigenvalue weighted by molar-refractivity contribution is -0.386. The fraction of sp³-hybridized carbons (Fsp3) is 0.455. The van der Waals surface area contributed by atoms with Crippen LogP contribution in [-0.4, -0.2) is 38.9 Å². The van der Waals surface area contributed by atoms with Crippen molar-refractivity contribution >= 4 is 33.2 Å². The minimum atomic E-state index is -3.89. The first-order chi connectivity index (χ1) is 9.44. The molecule has 20 heavy (non-hydrogen) atoms. The average Bonchev–Trinajstić information content (AvgIpc) is 2.42. The van der Waals surface area contributed by atoms with Gasteiger partial charge in [-0.2, -0.15) is 11.8 Å². The molecule has 0 bridgehead atoms. The van der Waals surface area contributed by atoms with E-state index < -0.39 is 20.6 Å². The van der Waals surface area contributed by atoms with Gasteiger partial charge in [0.1, 0.15) is 5.69 Å². The number of rotatable bonds is 8. The molecule has 0 amide bonds. The fourth-order valence-corrected chi connectivity index (χ4v) is 3.33. The van der Waals surface area contributed by atoms with Crippen molar-refractivity contribution in [3.05, 3.63) is 28.3 Å². The molecule has 0 heterocycles. The highest BCUT2D eigenvalue weighted by atomic mass is 32.2. The van der Waals surface area contributed by atoms with Crippen molar-refractivity contribution in [1.82, 2.24) is 4.72 Å². The van der Waals surface area contributed by atoms with E-state index in [9.17, 15) is 18.5 Å². The van der Waals surface area contributed by atoms with E-state index >= 15 is 0 Å². The Morgan fingerprint density at radius 1 is 1.40 bits per heavy atom. The van der Waals surface area contributed by atoms with E-state index in [1.807, 2.05) is 6.26 Å². The molecule has 2 N–H and O–H groups in total. The highest BCUT2D eigenvalue weighted by Gasteiger charge is 2.28. The third-order valence-electron chi connectivity index (χ3n) is 2.56. The smallest absolute Gasteiger partial charge is 0.312 e. The Kier molecular flexibility index (Phi) is 6.24. The van der Waals surface area contributed by atoms with Crippen molar-refractivity contribution in [3.63, 3.8) is 0 Å². The summed E-state index contributed by atoms with van der Waals surface area (Å²) in [6.07, 6.45) is 2.59. The van der Waals surface area contributed by atoms with Crippen molar-refractivity contribution in [2.24, 2.45) is 0 Å². The van der Waals surface area contributed by atoms with Crippen molar-refractivity contribution in [2.75, 3.05) is 30.9 Å². The summed E-state index contributed by atoms with van der Waals surface area (Å²) in [6, 6.07) is 4.16. The lowest BCUT2D eigenvalue weighted by atomic mass is 10.3. The van der Waals surface area contributed by atoms with Gasteiger partial charge in [0.05, 0.1) is 4.92 Å². The van der Waals surface area contributed by atoms with Crippen LogP contribution in [0.25, 0.3) is 0 Å². The molecule has 1 aromatic carbocycles. The topological polar surface area (TPSA) is 101 Å². The first-order valence-electron chi connectivity index (χ1n) is 5.87. The number of anilines is 1. The van der Waals surface area contributed by atoms with Gasteiger partial charge >= 0.3 is 5.69 Å². The minimum absolute atomic E-state index is 0.169. The van der Waals surface area contributed by atoms with E-state index in [1.54, 1.807) is 11.8 Å². The maximum Gasteiger partial charge on any atom is 0.312 e. The lowest BCUT2D eigenvalue weighted by Gasteiger charge is -2.09. The van der Waals surface area contributed by atoms with Crippen LogP contribution in [0.15, 0.2) is 23.1 Å². The molecule has 0 atom stereocenters. The summed E-state index contributed by atoms with van der Waals surface area (Å²) in [5, 5.41) is 13.7. The zero-order chi connectivity index (χ0) is 15.2. The van der Waals surface area contributed by atoms with Gasteiger partial charge in [0, 0.05) is 13.6 Å². The highest BCUT2D eigenvalue weighted by Crippen LogP contribution is 2.31. The fourth-order valence-electron chi connectivity index (χ4n) is 1.63. The minimum Gasteiger partial charge on any atom is -0.383 e. The number of hydrogen-bond donors (Lipinski definition) is 2. The third kappa shape index (κ3) is 4.09. The molecule has 7 nitrogen and oxygen atoms in total. The summed E-state index contributed by atoms with van der Waals surface area (Å²) < 4.78 is 26.7. The molecule has 0 radical (unpaired) electrons. The Morgan fingerprint density at radius 3 is 2.65 bits per heavy atom. The van der Waals surface area contributed by atoms with Crippen molar-refractivity contribution in [2.45, 2.75) is 11.3 Å². The van der Waals surface area contributed by atoms with Gasteiger partial charge in [-0.15, -0.1) is 0 Å². The largest absolute Gasteiger partial charge is 0.383 e. The molecule has 0 aliphatic rings. The van der Waals surface area contributed by atoms with E-state index in [4.69, 9.17) is 0 Å². The van der Waals surface area contributed by atoms with Gasteiger partial charge in [0.2, 0.25) is 10.0 Å². The molecule has 0 saturated carbocycles. The monoisotopic (exact) mass is 319 g/mol. The van der Waals surface area contributed by atoms with Crippen LogP contribution in [0.2, 0.25) is 0 Å². The van der Waals surface area contributed by atoms with Gasteiger partial charge in [-0.05, 0) is 30.6 Å². The Bertz CT molecular complexity index is 575. The van der Waals surface area contributed by atoms with Crippen LogP contribution < -0.4 is 10.0 Å². The number of hydrogen-bond acceptors (Lipinski definition) is 6. The van der Waals surface area contributed by atoms with E-state index in [0.717, 1.165) is 5.75 Å². The summed E-state index contributed by atoms with van der Waals surface area (Å²) in [5.41, 5.74) is -0.269. The van der Waals surface area contributed by atoms with Gasteiger partial charge in [-0.25, -0.2) is 13.1 Å². The number of sulfonamides is 1. The number of nitro benzene ring substituents is 1. The molecule has 0 unspecified atom stereocenters. The first-order valence-corrected chi connectivity index (χ1v) is 8.75. The van der Waals surface area contributed by atoms with E-state index in [1.165, 1.54) is 25.2 Å². The van der Waals surface area contributed by atoms with Crippen molar-refractivity contribution < 1.29 is 13.3 Å². The van der Waals surface area contributed by atoms with E-state index in [0.29, 0.717) is 6.42 Å². The molecule has 1 rings (SSSR count). The second-order valence-corrected chi connectivity index (χ2v) is 6.62. The Morgan fingerprint density at radius 2 is 2.10 bits per heavy atom. The molecule has 0 aliphatic heterocycles. The van der Waals surface area contributed by atoms with E-state index in [-0.39, 0.29) is 17.1 Å². The second-order valence-electron chi connectivity index (χ2n) is 3.90. The van der Waals surface area contributed by atoms with Crippen LogP contribution in [0.1, 0.15) is 6.42 Å². The van der Waals surface area contributed by atoms with Gasteiger partial charge in [-0.1, -0.05) is 6.07 Å². The van der Waals surface area contributed by atoms with Crippen LogP contribution in [0.4, 0.5) is 11.4 Å².